The first-order chi connectivity index (χ1) is 14.8. The Morgan fingerprint density at radius 3 is 2.33 bits per heavy atom. The molecule has 4 aromatic rings. The van der Waals surface area contributed by atoms with E-state index in [1.807, 2.05) is 36.4 Å². The summed E-state index contributed by atoms with van der Waals surface area (Å²) >= 11 is 1.74. The minimum Gasteiger partial charge on any atom is -0.449 e. The Kier molecular flexibility index (Phi) is 5.08. The first-order valence-electron chi connectivity index (χ1n) is 10.0. The highest BCUT2D eigenvalue weighted by molar-refractivity contribution is 7.19. The van der Waals surface area contributed by atoms with Gasteiger partial charge in [-0.3, -0.25) is 0 Å². The molecular weight excluding hydrogens is 390 g/mol. The number of carbonyl (C=O) groups excluding carboxylic acids is 1. The third kappa shape index (κ3) is 3.62. The van der Waals surface area contributed by atoms with Crippen LogP contribution >= 0.6 is 11.3 Å². The van der Waals surface area contributed by atoms with E-state index in [2.05, 4.69) is 59.9 Å². The lowest BCUT2D eigenvalue weighted by atomic mass is 9.98. The van der Waals surface area contributed by atoms with Gasteiger partial charge in [0.2, 0.25) is 0 Å². The van der Waals surface area contributed by atoms with Crippen LogP contribution in [0.4, 0.5) is 4.79 Å². The van der Waals surface area contributed by atoms with Gasteiger partial charge in [0.05, 0.1) is 0 Å². The summed E-state index contributed by atoms with van der Waals surface area (Å²) in [7, 11) is 0. The first-order valence-corrected chi connectivity index (χ1v) is 10.9. The lowest BCUT2D eigenvalue weighted by Gasteiger charge is -2.14. The zero-order valence-electron chi connectivity index (χ0n) is 16.4. The molecule has 0 radical (unpaired) electrons. The van der Waals surface area contributed by atoms with Gasteiger partial charge in [0.25, 0.3) is 0 Å². The number of hydrogen-bond acceptors (Lipinski definition) is 3. The molecule has 30 heavy (non-hydrogen) atoms. The third-order valence-electron chi connectivity index (χ3n) is 5.43. The van der Waals surface area contributed by atoms with Gasteiger partial charge in [-0.25, -0.2) is 4.79 Å². The summed E-state index contributed by atoms with van der Waals surface area (Å²) in [6.45, 7) is 0.769. The van der Waals surface area contributed by atoms with Crippen molar-refractivity contribution in [3.63, 3.8) is 0 Å². The zero-order valence-corrected chi connectivity index (χ0v) is 17.2. The Morgan fingerprint density at radius 1 is 0.933 bits per heavy atom. The molecule has 4 heteroatoms. The minimum absolute atomic E-state index is 0.0808. The van der Waals surface area contributed by atoms with Gasteiger partial charge in [-0.15, -0.1) is 11.3 Å². The largest absolute Gasteiger partial charge is 0.449 e. The van der Waals surface area contributed by atoms with Crippen LogP contribution in [0.15, 0.2) is 84.9 Å². The number of ether oxygens (including phenoxy) is 1. The molecule has 0 spiro atoms. The molecule has 3 aromatic carbocycles. The second-order valence-corrected chi connectivity index (χ2v) is 8.41. The molecule has 1 heterocycles. The molecule has 0 fully saturated rings. The van der Waals surface area contributed by atoms with E-state index in [0.717, 1.165) is 0 Å². The van der Waals surface area contributed by atoms with Crippen molar-refractivity contribution < 1.29 is 9.53 Å². The number of carbonyl (C=O) groups is 1. The van der Waals surface area contributed by atoms with Crippen molar-refractivity contribution >= 4 is 33.6 Å². The Hall–Kier alpha value is -3.37. The molecule has 148 valence electrons. The van der Waals surface area contributed by atoms with Crippen LogP contribution in [0.5, 0.6) is 0 Å². The number of hydrogen-bond donors (Lipinski definition) is 1. The highest BCUT2D eigenvalue weighted by atomic mass is 32.1. The molecule has 0 atom stereocenters. The molecule has 1 N–H and O–H groups in total. The summed E-state index contributed by atoms with van der Waals surface area (Å²) in [5.41, 5.74) is 4.90. The van der Waals surface area contributed by atoms with Crippen molar-refractivity contribution in [3.05, 3.63) is 101 Å². The number of amides is 1. The highest BCUT2D eigenvalue weighted by Gasteiger charge is 2.28. The van der Waals surface area contributed by atoms with Gasteiger partial charge >= 0.3 is 6.09 Å². The van der Waals surface area contributed by atoms with Crippen LogP contribution in [0, 0.1) is 0 Å². The number of thiophene rings is 1. The number of nitrogens with one attached hydrogen (secondary N) is 1. The van der Waals surface area contributed by atoms with Gasteiger partial charge in [0.15, 0.2) is 0 Å². The van der Waals surface area contributed by atoms with Gasteiger partial charge in [-0.05, 0) is 45.8 Å². The van der Waals surface area contributed by atoms with Gasteiger partial charge in [0.1, 0.15) is 6.61 Å². The molecule has 0 bridgehead atoms. The van der Waals surface area contributed by atoms with Crippen LogP contribution in [0.1, 0.15) is 21.9 Å². The molecule has 0 saturated carbocycles. The fourth-order valence-electron chi connectivity index (χ4n) is 4.05. The van der Waals surface area contributed by atoms with Crippen LogP contribution in [0.25, 0.3) is 27.3 Å². The average molecular weight is 412 g/mol. The van der Waals surface area contributed by atoms with Gasteiger partial charge in [-0.1, -0.05) is 72.8 Å². The molecule has 0 saturated heterocycles. The Bertz CT molecular complexity index is 1160. The van der Waals surface area contributed by atoms with Crippen molar-refractivity contribution in [2.75, 3.05) is 13.2 Å². The molecule has 5 rings (SSSR count). The molecule has 1 aliphatic carbocycles. The van der Waals surface area contributed by atoms with Crippen molar-refractivity contribution in [2.24, 2.45) is 0 Å². The second kappa shape index (κ2) is 8.17. The van der Waals surface area contributed by atoms with Crippen LogP contribution in [0.3, 0.4) is 0 Å². The standard InChI is InChI=1S/C26H21NO2S/c28-26(27-15-7-9-19-16-18-8-1-6-14-25(18)30-19)29-17-24-22-12-4-2-10-20(22)21-11-3-5-13-23(21)24/h1-14,16,24H,15,17H2,(H,27,28). The molecule has 1 amide bonds. The fraction of sp³-hybridized carbons (Fsp3) is 0.115. The van der Waals surface area contributed by atoms with E-state index in [0.29, 0.717) is 13.2 Å². The molecule has 1 aliphatic rings. The maximum Gasteiger partial charge on any atom is 0.407 e. The van der Waals surface area contributed by atoms with E-state index < -0.39 is 6.09 Å². The van der Waals surface area contributed by atoms with Crippen molar-refractivity contribution in [3.8, 4) is 11.1 Å². The number of alkyl carbamates (subject to hydrolysis) is 1. The summed E-state index contributed by atoms with van der Waals surface area (Å²) in [5.74, 6) is 0.0808. The van der Waals surface area contributed by atoms with E-state index in [1.54, 1.807) is 11.3 Å². The number of rotatable bonds is 5. The highest BCUT2D eigenvalue weighted by Crippen LogP contribution is 2.44. The van der Waals surface area contributed by atoms with E-state index in [1.165, 1.54) is 37.2 Å². The Morgan fingerprint density at radius 2 is 1.60 bits per heavy atom. The quantitative estimate of drug-likeness (QED) is 0.410. The molecule has 0 aliphatic heterocycles. The Balaban J connectivity index is 1.18. The summed E-state index contributed by atoms with van der Waals surface area (Å²) in [4.78, 5) is 13.4. The number of fused-ring (bicyclic) bond motifs is 4. The van der Waals surface area contributed by atoms with Gasteiger partial charge in [0, 0.05) is 22.0 Å². The Labute approximate surface area is 179 Å². The third-order valence-corrected chi connectivity index (χ3v) is 6.52. The molecule has 3 nitrogen and oxygen atoms in total. The monoisotopic (exact) mass is 411 g/mol. The van der Waals surface area contributed by atoms with Crippen molar-refractivity contribution in [1.29, 1.82) is 0 Å². The summed E-state index contributed by atoms with van der Waals surface area (Å²) < 4.78 is 6.82. The summed E-state index contributed by atoms with van der Waals surface area (Å²) in [5, 5.41) is 4.06. The smallest absolute Gasteiger partial charge is 0.407 e. The average Bonchev–Trinajstić information content (AvgIpc) is 3.34. The normalized spacial score (nSPS) is 12.8. The van der Waals surface area contributed by atoms with E-state index in [4.69, 9.17) is 4.74 Å². The van der Waals surface area contributed by atoms with Gasteiger partial charge < -0.3 is 10.1 Å². The minimum atomic E-state index is -0.391. The number of benzene rings is 3. The summed E-state index contributed by atoms with van der Waals surface area (Å²) in [6.07, 6.45) is 3.60. The molecule has 1 aromatic heterocycles. The van der Waals surface area contributed by atoms with Gasteiger partial charge in [-0.2, -0.15) is 0 Å². The van der Waals surface area contributed by atoms with E-state index >= 15 is 0 Å². The lowest BCUT2D eigenvalue weighted by molar-refractivity contribution is 0.144. The predicted octanol–water partition coefficient (Wildman–Crippen LogP) is 6.45. The summed E-state index contributed by atoms with van der Waals surface area (Å²) in [6, 6.07) is 27.2. The lowest BCUT2D eigenvalue weighted by Crippen LogP contribution is -2.26. The van der Waals surface area contributed by atoms with E-state index in [9.17, 15) is 4.79 Å². The zero-order chi connectivity index (χ0) is 20.3. The SMILES string of the molecule is O=C(NCC=Cc1cc2ccccc2s1)OCC1c2ccccc2-c2ccccc21. The van der Waals surface area contributed by atoms with E-state index in [-0.39, 0.29) is 5.92 Å². The second-order valence-electron chi connectivity index (χ2n) is 7.30. The van der Waals surface area contributed by atoms with Crippen molar-refractivity contribution in [1.82, 2.24) is 5.32 Å². The topological polar surface area (TPSA) is 38.3 Å². The molecular formula is C26H21NO2S. The van der Waals surface area contributed by atoms with Crippen LogP contribution < -0.4 is 5.32 Å². The predicted molar refractivity (Wildman–Crippen MR) is 124 cm³/mol. The maximum atomic E-state index is 12.2. The van der Waals surface area contributed by atoms with Crippen LogP contribution in [0.2, 0.25) is 0 Å². The van der Waals surface area contributed by atoms with Crippen LogP contribution in [-0.2, 0) is 4.74 Å². The van der Waals surface area contributed by atoms with Crippen molar-refractivity contribution in [2.45, 2.75) is 5.92 Å². The first kappa shape index (κ1) is 18.6. The molecule has 0 unspecified atom stereocenters. The maximum absolute atomic E-state index is 12.2. The fourth-order valence-corrected chi connectivity index (χ4v) is 5.05. The van der Waals surface area contributed by atoms with Crippen LogP contribution in [-0.4, -0.2) is 19.2 Å².